The maximum atomic E-state index is 12.6. The molecule has 30 heavy (non-hydrogen) atoms. The highest BCUT2D eigenvalue weighted by Crippen LogP contribution is 2.07. The number of ketones is 3. The van der Waals surface area contributed by atoms with Gasteiger partial charge in [0, 0.05) is 0 Å². The minimum absolute atomic E-state index is 0.155. The summed E-state index contributed by atoms with van der Waals surface area (Å²) in [6, 6.07) is 17.8. The molecule has 0 radical (unpaired) electrons. The molecule has 0 saturated carbocycles. The molecule has 156 valence electrons. The molecule has 3 nitrogen and oxygen atoms in total. The second-order valence-electron chi connectivity index (χ2n) is 6.11. The molecule has 0 heterocycles. The maximum Gasteiger partial charge on any atom is 0.162 e. The van der Waals surface area contributed by atoms with Gasteiger partial charge in [0.15, 0.2) is 17.3 Å². The van der Waals surface area contributed by atoms with E-state index in [1.807, 2.05) is 0 Å². The first-order chi connectivity index (χ1) is 14.1. The molecule has 0 N–H and O–H groups in total. The predicted molar refractivity (Wildman–Crippen MR) is 109 cm³/mol. The van der Waals surface area contributed by atoms with Crippen LogP contribution in [0.15, 0.2) is 72.8 Å². The summed E-state index contributed by atoms with van der Waals surface area (Å²) in [5.41, 5.74) is 0.465. The zero-order chi connectivity index (χ0) is 22.7. The number of rotatable bonds is 3. The van der Waals surface area contributed by atoms with Crippen molar-refractivity contribution in [3.8, 4) is 0 Å². The molecular formula is C24H21F3O3. The average Bonchev–Trinajstić information content (AvgIpc) is 2.69. The van der Waals surface area contributed by atoms with Crippen LogP contribution >= 0.6 is 0 Å². The molecule has 3 aromatic carbocycles. The van der Waals surface area contributed by atoms with Crippen LogP contribution in [0.5, 0.6) is 0 Å². The van der Waals surface area contributed by atoms with Gasteiger partial charge in [-0.25, -0.2) is 13.2 Å². The molecule has 6 heteroatoms. The highest BCUT2D eigenvalue weighted by molar-refractivity contribution is 5.95. The van der Waals surface area contributed by atoms with Crippen molar-refractivity contribution in [3.05, 3.63) is 107 Å². The second-order valence-corrected chi connectivity index (χ2v) is 6.11. The quantitative estimate of drug-likeness (QED) is 0.488. The smallest absolute Gasteiger partial charge is 0.162 e. The first-order valence-electron chi connectivity index (χ1n) is 8.91. The Hall–Kier alpha value is -3.54. The van der Waals surface area contributed by atoms with Crippen LogP contribution in [0.4, 0.5) is 13.2 Å². The van der Waals surface area contributed by atoms with E-state index < -0.39 is 17.5 Å². The normalized spacial score (nSPS) is 9.40. The Bertz CT molecular complexity index is 898. The molecule has 0 unspecified atom stereocenters. The number of carbonyl (C=O) groups is 3. The predicted octanol–water partition coefficient (Wildman–Crippen LogP) is 6.08. The van der Waals surface area contributed by atoms with Crippen molar-refractivity contribution in [1.29, 1.82) is 0 Å². The van der Waals surface area contributed by atoms with Gasteiger partial charge in [0.1, 0.15) is 17.5 Å². The monoisotopic (exact) mass is 414 g/mol. The molecule has 0 fully saturated rings. The third-order valence-corrected chi connectivity index (χ3v) is 3.76. The first kappa shape index (κ1) is 24.5. The Labute approximate surface area is 173 Å². The molecular weight excluding hydrogens is 393 g/mol. The van der Waals surface area contributed by atoms with Crippen molar-refractivity contribution in [2.45, 2.75) is 20.8 Å². The third kappa shape index (κ3) is 7.83. The van der Waals surface area contributed by atoms with E-state index in [1.54, 1.807) is 36.4 Å². The Kier molecular flexibility index (Phi) is 9.89. The lowest BCUT2D eigenvalue weighted by Gasteiger charge is -1.94. The van der Waals surface area contributed by atoms with E-state index in [0.29, 0.717) is 0 Å². The SMILES string of the molecule is CC(=O)c1ccccc1F.CC(=O)c1ccccc1F.CC(=O)c1ccccc1F. The van der Waals surface area contributed by atoms with Crippen molar-refractivity contribution in [2.24, 2.45) is 0 Å². The number of hydrogen-bond acceptors (Lipinski definition) is 3. The van der Waals surface area contributed by atoms with Crippen LogP contribution in [-0.4, -0.2) is 17.3 Å². The fourth-order valence-electron chi connectivity index (χ4n) is 2.24. The molecule has 0 aliphatic rings. The fraction of sp³-hybridized carbons (Fsp3) is 0.125. The lowest BCUT2D eigenvalue weighted by Crippen LogP contribution is -1.94. The number of hydrogen-bond donors (Lipinski definition) is 0. The van der Waals surface area contributed by atoms with Gasteiger partial charge in [0.2, 0.25) is 0 Å². The van der Waals surface area contributed by atoms with Gasteiger partial charge in [-0.2, -0.15) is 0 Å². The van der Waals surface area contributed by atoms with Crippen molar-refractivity contribution >= 4 is 17.3 Å². The van der Waals surface area contributed by atoms with E-state index in [4.69, 9.17) is 0 Å². The fourth-order valence-corrected chi connectivity index (χ4v) is 2.24. The minimum atomic E-state index is -0.449. The molecule has 3 rings (SSSR count). The van der Waals surface area contributed by atoms with Crippen molar-refractivity contribution in [1.82, 2.24) is 0 Å². The Morgan fingerprint density at radius 2 is 0.667 bits per heavy atom. The third-order valence-electron chi connectivity index (χ3n) is 3.76. The number of halogens is 3. The minimum Gasteiger partial charge on any atom is -0.294 e. The lowest BCUT2D eigenvalue weighted by atomic mass is 10.1. The van der Waals surface area contributed by atoms with E-state index in [-0.39, 0.29) is 34.0 Å². The number of carbonyl (C=O) groups excluding carboxylic acids is 3. The summed E-state index contributed by atoms with van der Waals surface area (Å²) in [4.78, 5) is 31.9. The van der Waals surface area contributed by atoms with Gasteiger partial charge in [-0.15, -0.1) is 0 Å². The summed E-state index contributed by atoms with van der Waals surface area (Å²) >= 11 is 0. The topological polar surface area (TPSA) is 51.2 Å². The van der Waals surface area contributed by atoms with Gasteiger partial charge in [0.25, 0.3) is 0 Å². The second kappa shape index (κ2) is 12.1. The zero-order valence-electron chi connectivity index (χ0n) is 16.8. The number of Topliss-reactive ketones (excluding diaryl/α,β-unsaturated/α-hetero) is 3. The van der Waals surface area contributed by atoms with Crippen LogP contribution < -0.4 is 0 Å². The molecule has 0 spiro atoms. The van der Waals surface area contributed by atoms with Crippen LogP contribution in [-0.2, 0) is 0 Å². The first-order valence-corrected chi connectivity index (χ1v) is 8.91. The Morgan fingerprint density at radius 3 is 0.800 bits per heavy atom. The van der Waals surface area contributed by atoms with Crippen molar-refractivity contribution in [2.75, 3.05) is 0 Å². The Morgan fingerprint density at radius 1 is 0.467 bits per heavy atom. The van der Waals surface area contributed by atoms with E-state index >= 15 is 0 Å². The summed E-state index contributed by atoms with van der Waals surface area (Å²) in [6.07, 6.45) is 0. The summed E-state index contributed by atoms with van der Waals surface area (Å²) in [5.74, 6) is -2.06. The van der Waals surface area contributed by atoms with E-state index in [1.165, 1.54) is 57.2 Å². The number of benzene rings is 3. The molecule has 0 aliphatic heterocycles. The molecule has 0 saturated heterocycles. The van der Waals surface area contributed by atoms with Crippen LogP contribution in [0.3, 0.4) is 0 Å². The lowest BCUT2D eigenvalue weighted by molar-refractivity contribution is 0.100. The zero-order valence-corrected chi connectivity index (χ0v) is 16.8. The maximum absolute atomic E-state index is 12.6. The van der Waals surface area contributed by atoms with Gasteiger partial charge < -0.3 is 0 Å². The van der Waals surface area contributed by atoms with Crippen LogP contribution in [0.2, 0.25) is 0 Å². The molecule has 0 bridgehead atoms. The summed E-state index contributed by atoms with van der Waals surface area (Å²) < 4.78 is 37.9. The highest BCUT2D eigenvalue weighted by atomic mass is 19.1. The van der Waals surface area contributed by atoms with Crippen molar-refractivity contribution < 1.29 is 27.6 Å². The van der Waals surface area contributed by atoms with E-state index in [0.717, 1.165) is 0 Å². The molecule has 0 aliphatic carbocycles. The summed E-state index contributed by atoms with van der Waals surface area (Å²) in [5, 5.41) is 0. The van der Waals surface area contributed by atoms with Crippen LogP contribution in [0.25, 0.3) is 0 Å². The van der Waals surface area contributed by atoms with Crippen LogP contribution in [0, 0.1) is 17.5 Å². The van der Waals surface area contributed by atoms with E-state index in [2.05, 4.69) is 0 Å². The van der Waals surface area contributed by atoms with Gasteiger partial charge in [0.05, 0.1) is 16.7 Å². The van der Waals surface area contributed by atoms with E-state index in [9.17, 15) is 27.6 Å². The molecule has 0 atom stereocenters. The Balaban J connectivity index is 0.000000225. The van der Waals surface area contributed by atoms with Gasteiger partial charge in [-0.3, -0.25) is 14.4 Å². The standard InChI is InChI=1S/3C8H7FO/c3*1-6(10)7-4-2-3-5-8(7)9/h3*2-5H,1H3. The average molecular weight is 414 g/mol. The molecule has 0 aromatic heterocycles. The van der Waals surface area contributed by atoms with Gasteiger partial charge in [-0.1, -0.05) is 36.4 Å². The van der Waals surface area contributed by atoms with Gasteiger partial charge >= 0.3 is 0 Å². The molecule has 3 aromatic rings. The summed E-state index contributed by atoms with van der Waals surface area (Å²) in [7, 11) is 0. The van der Waals surface area contributed by atoms with Gasteiger partial charge in [-0.05, 0) is 57.2 Å². The summed E-state index contributed by atoms with van der Waals surface area (Å²) in [6.45, 7) is 4.04. The largest absolute Gasteiger partial charge is 0.294 e. The molecule has 0 amide bonds. The highest BCUT2D eigenvalue weighted by Gasteiger charge is 2.04. The van der Waals surface area contributed by atoms with Crippen molar-refractivity contribution in [3.63, 3.8) is 0 Å². The van der Waals surface area contributed by atoms with Crippen LogP contribution in [0.1, 0.15) is 51.8 Å².